The normalized spacial score (nSPS) is 20.9. The number of aliphatic hydroxyl groups is 5. The summed E-state index contributed by atoms with van der Waals surface area (Å²) < 4.78 is 56.8. The van der Waals surface area contributed by atoms with E-state index >= 15 is 9.59 Å². The molecule has 0 aromatic rings. The second-order valence-corrected chi connectivity index (χ2v) is 43.6. The highest BCUT2D eigenvalue weighted by Crippen LogP contribution is 2.52. The Bertz CT molecular complexity index is 3000. The van der Waals surface area contributed by atoms with Crippen LogP contribution in [0.25, 0.3) is 0 Å². The van der Waals surface area contributed by atoms with Crippen LogP contribution in [0, 0.1) is 48.1 Å². The van der Waals surface area contributed by atoms with Crippen LogP contribution in [0.1, 0.15) is 521 Å². The fourth-order valence-corrected chi connectivity index (χ4v) is 19.8. The number of ether oxygens (including phenoxy) is 8. The molecule has 0 aromatic carbocycles. The van der Waals surface area contributed by atoms with Crippen LogP contribution in [0.3, 0.4) is 0 Å². The molecule has 25 nitrogen and oxygen atoms in total. The summed E-state index contributed by atoms with van der Waals surface area (Å²) in [5.41, 5.74) is 0. The van der Waals surface area contributed by atoms with Gasteiger partial charge in [-0.3, -0.25) is 33.6 Å². The van der Waals surface area contributed by atoms with Crippen molar-refractivity contribution in [1.29, 1.82) is 0 Å². The number of hydrogen-bond acceptors (Lipinski definition) is 23. The Morgan fingerprint density at radius 2 is 0.642 bits per heavy atom. The summed E-state index contributed by atoms with van der Waals surface area (Å²) in [5, 5.41) is 66.6. The van der Waals surface area contributed by atoms with Crippen molar-refractivity contribution in [1.82, 2.24) is 10.6 Å². The van der Waals surface area contributed by atoms with Gasteiger partial charge in [-0.15, -0.1) is 0 Å². The molecular formula is C111H209N2O23P. The molecule has 137 heavy (non-hydrogen) atoms. The van der Waals surface area contributed by atoms with Crippen LogP contribution in [0.4, 0.5) is 0 Å². The zero-order valence-corrected chi connectivity index (χ0v) is 90.3. The minimum absolute atomic E-state index is 0.361. The van der Waals surface area contributed by atoms with Crippen LogP contribution in [-0.4, -0.2) is 176 Å². The van der Waals surface area contributed by atoms with Crippen LogP contribution < -0.4 is 10.6 Å². The Labute approximate surface area is 834 Å². The first-order chi connectivity index (χ1) is 65.8. The quantitative estimate of drug-likeness (QED) is 0.00682. The van der Waals surface area contributed by atoms with Gasteiger partial charge in [-0.1, -0.05) is 457 Å². The summed E-state index contributed by atoms with van der Waals surface area (Å²) in [7, 11) is -4.71. The predicted octanol–water partition coefficient (Wildman–Crippen LogP) is 25.3. The molecule has 0 aliphatic carbocycles. The average Bonchev–Trinajstić information content (AvgIpc) is 0.770. The lowest BCUT2D eigenvalue weighted by Crippen LogP contribution is -2.71. The van der Waals surface area contributed by atoms with Crippen molar-refractivity contribution in [3.8, 4) is 0 Å². The van der Waals surface area contributed by atoms with E-state index in [1.807, 2.05) is 48.5 Å². The van der Waals surface area contributed by atoms with Crippen molar-refractivity contribution in [3.63, 3.8) is 0 Å². The Morgan fingerprint density at radius 1 is 0.365 bits per heavy atom. The number of rotatable bonds is 90. The first-order valence-corrected chi connectivity index (χ1v) is 58.4. The average molecular weight is 1970 g/mol. The molecule has 2 rings (SSSR count). The Balaban J connectivity index is 3.00. The van der Waals surface area contributed by atoms with Gasteiger partial charge in [0.05, 0.1) is 62.8 Å². The molecule has 2 aliphatic rings. The van der Waals surface area contributed by atoms with Crippen molar-refractivity contribution < 1.29 is 111 Å². The van der Waals surface area contributed by atoms with E-state index in [1.54, 1.807) is 0 Å². The molecule has 20 atom stereocenters. The molecule has 2 saturated heterocycles. The van der Waals surface area contributed by atoms with Crippen LogP contribution in [0.15, 0.2) is 0 Å². The highest BCUT2D eigenvalue weighted by molar-refractivity contribution is 7.60. The Kier molecular flexibility index (Phi) is 76.0. The highest BCUT2D eigenvalue weighted by Gasteiger charge is 2.58. The van der Waals surface area contributed by atoms with E-state index in [4.69, 9.17) is 42.4 Å². The molecule has 2 amide bonds. The zero-order valence-electron chi connectivity index (χ0n) is 89.4. The maximum Gasteiger partial charge on any atom is 0.310 e. The molecular weight excluding hydrogens is 1760 g/mol. The van der Waals surface area contributed by atoms with Gasteiger partial charge in [0, 0.05) is 0 Å². The summed E-state index contributed by atoms with van der Waals surface area (Å²) >= 11 is 0. The molecule has 26 heteroatoms. The number of aliphatic hydroxyl groups excluding tert-OH is 3. The number of unbranched alkanes of at least 4 members (excludes halogenated alkanes) is 48. The van der Waals surface area contributed by atoms with E-state index in [0.29, 0.717) is 44.9 Å². The summed E-state index contributed by atoms with van der Waals surface area (Å²) in [5.74, 6) is -11.9. The molecule has 0 radical (unpaired) electrons. The number of carbonyl (C=O) groups is 7. The number of hydrogen-bond donors (Lipinski definition) is 9. The smallest absolute Gasteiger partial charge is 0.310 e. The maximum absolute atomic E-state index is 15.6. The van der Waals surface area contributed by atoms with E-state index in [-0.39, 0.29) is 11.8 Å². The van der Waals surface area contributed by atoms with Gasteiger partial charge in [0.1, 0.15) is 42.7 Å². The third-order valence-electron chi connectivity index (χ3n) is 28.9. The number of nitrogens with one attached hydrogen (secondary N) is 2. The SMILES string of the molecule is [CH2-][P+](O)(O)OC1C(CO)OC(OCC2OC(O)(O)C(NC(=O)CC(OC(=O)C(C)CCCCCCCCCCCCC)C(C)CCCCCCCCC)C(OC(=O)CC(O)C(C)CCCCCCCCC)C2O)C(NC(=O)CC(OC(=O)C(C)CCCCCCCCC)C(C)CCCCCCCCC)C1OC(=O)CC(OC(=O)C(C)CCCCCCCCCCC)C(C)CCCCCCCCC. The Hall–Kier alpha value is -3.72. The summed E-state index contributed by atoms with van der Waals surface area (Å²) in [6.45, 7) is 29.8. The standard InChI is InChI=1S/C111H209N2O23P/c1-16-23-30-37-44-46-47-49-56-63-69-76-89(13)108(122)130-93(86(10)73-66-59-52-41-34-27-20-5)80-98(117)113-106-105(134-99(118)78-91(115)84(8)71-64-57-50-39-32-25-18-3)102(120)96(135-111(106,124)125)83-128-110-101(112-97(116)79-92(85(9)72-65-58-51-40-33-26-19-4)129-107(121)88(12)75-68-61-54-43-36-29-22-7)104(103(95(82-114)132-110)136-137(15,126)127)133-100(119)81-94(87(11)74-67-60-53-42-35-28-21-6)131-109(123)90(14)77-70-62-55-48-45-38-31-24-17-2/h84-96,101-106,110,114-115,120,124-127H,15-83H2,1-14H3,(H,112,116)(H,113,117). The number of amides is 2. The molecule has 0 aromatic heterocycles. The van der Waals surface area contributed by atoms with Gasteiger partial charge in [-0.25, -0.2) is 9.79 Å². The minimum Gasteiger partial charge on any atom is -0.461 e. The maximum atomic E-state index is 15.6. The number of esters is 5. The van der Waals surface area contributed by atoms with E-state index < -0.39 is 203 Å². The minimum atomic E-state index is -4.71. The van der Waals surface area contributed by atoms with Gasteiger partial charge in [0.25, 0.3) is 7.94 Å². The molecule has 0 bridgehead atoms. The molecule has 2 aliphatic heterocycles. The van der Waals surface area contributed by atoms with E-state index in [9.17, 15) is 59.3 Å². The second kappa shape index (κ2) is 80.5. The molecule has 0 spiro atoms. The lowest BCUT2D eigenvalue weighted by molar-refractivity contribution is -0.414. The first kappa shape index (κ1) is 129. The van der Waals surface area contributed by atoms with Crippen LogP contribution >= 0.6 is 7.94 Å². The summed E-state index contributed by atoms with van der Waals surface area (Å²) in [6, 6.07) is -4.02. The van der Waals surface area contributed by atoms with Crippen molar-refractivity contribution in [2.24, 2.45) is 41.4 Å². The molecule has 0 saturated carbocycles. The van der Waals surface area contributed by atoms with Gasteiger partial charge >= 0.3 is 35.8 Å². The monoisotopic (exact) mass is 1970 g/mol. The van der Waals surface area contributed by atoms with Gasteiger partial charge < -0.3 is 74.1 Å². The summed E-state index contributed by atoms with van der Waals surface area (Å²) in [6.07, 6.45) is 42.1. The molecule has 20 unspecified atom stereocenters. The molecule has 9 N–H and O–H groups in total. The summed E-state index contributed by atoms with van der Waals surface area (Å²) in [4.78, 5) is 126. The van der Waals surface area contributed by atoms with Gasteiger partial charge in [-0.2, -0.15) is 4.52 Å². The van der Waals surface area contributed by atoms with Crippen LogP contribution in [-0.2, 0) is 76.0 Å². The van der Waals surface area contributed by atoms with Gasteiger partial charge in [0.15, 0.2) is 30.6 Å². The lowest BCUT2D eigenvalue weighted by atomic mass is 9.92. The molecule has 806 valence electrons. The van der Waals surface area contributed by atoms with Crippen LogP contribution in [0.2, 0.25) is 0 Å². The second-order valence-electron chi connectivity index (χ2n) is 42.1. The third kappa shape index (κ3) is 60.7. The predicted molar refractivity (Wildman–Crippen MR) is 549 cm³/mol. The fraction of sp³-hybridized carbons (Fsp3) is 0.928. The highest BCUT2D eigenvalue weighted by atomic mass is 31.2. The largest absolute Gasteiger partial charge is 0.461 e. The van der Waals surface area contributed by atoms with Crippen molar-refractivity contribution in [3.05, 3.63) is 6.66 Å². The van der Waals surface area contributed by atoms with Gasteiger partial charge in [-0.05, 0) is 68.6 Å². The topological polar surface area (TPSA) is 368 Å². The van der Waals surface area contributed by atoms with Crippen molar-refractivity contribution in [2.45, 2.75) is 606 Å². The van der Waals surface area contributed by atoms with E-state index in [0.717, 1.165) is 283 Å². The lowest BCUT2D eigenvalue weighted by Gasteiger charge is -2.48. The number of carbonyl (C=O) groups excluding carboxylic acids is 7. The first-order valence-electron chi connectivity index (χ1n) is 56.6. The van der Waals surface area contributed by atoms with Crippen molar-refractivity contribution >= 4 is 49.6 Å². The molecule has 2 heterocycles. The van der Waals surface area contributed by atoms with E-state index in [2.05, 4.69) is 65.8 Å². The zero-order chi connectivity index (χ0) is 101. The molecule has 2 fully saturated rings. The third-order valence-corrected chi connectivity index (χ3v) is 29.4. The van der Waals surface area contributed by atoms with Crippen LogP contribution in [0.5, 0.6) is 0 Å². The van der Waals surface area contributed by atoms with Crippen molar-refractivity contribution in [2.75, 3.05) is 13.2 Å². The Morgan fingerprint density at radius 3 is 0.956 bits per heavy atom. The van der Waals surface area contributed by atoms with Gasteiger partial charge in [0.2, 0.25) is 11.8 Å². The fourth-order valence-electron chi connectivity index (χ4n) is 19.2. The van der Waals surface area contributed by atoms with E-state index in [1.165, 1.54) is 70.6 Å².